The van der Waals surface area contributed by atoms with Gasteiger partial charge < -0.3 is 24.3 Å². The predicted octanol–water partition coefficient (Wildman–Crippen LogP) is 4.02. The van der Waals surface area contributed by atoms with Crippen LogP contribution in [0.25, 0.3) is 0 Å². The summed E-state index contributed by atoms with van der Waals surface area (Å²) in [4.78, 5) is 26.6. The van der Waals surface area contributed by atoms with E-state index in [-0.39, 0.29) is 17.9 Å². The molecule has 7 heteroatoms. The van der Waals surface area contributed by atoms with Gasteiger partial charge in [0.2, 0.25) is 5.75 Å². The first-order valence-corrected chi connectivity index (χ1v) is 11.2. The van der Waals surface area contributed by atoms with Crippen molar-refractivity contribution in [1.82, 2.24) is 5.32 Å². The fourth-order valence-electron chi connectivity index (χ4n) is 5.21. The van der Waals surface area contributed by atoms with E-state index in [0.29, 0.717) is 46.9 Å². The molecule has 1 saturated carbocycles. The van der Waals surface area contributed by atoms with Crippen LogP contribution in [0.2, 0.25) is 0 Å². The van der Waals surface area contributed by atoms with E-state index in [9.17, 15) is 9.59 Å². The second-order valence-corrected chi connectivity index (χ2v) is 8.52. The number of fused-ring (bicyclic) bond motifs is 1. The van der Waals surface area contributed by atoms with Crippen LogP contribution >= 0.6 is 0 Å². The minimum absolute atomic E-state index is 0.0743. The van der Waals surface area contributed by atoms with Crippen molar-refractivity contribution < 1.29 is 28.5 Å². The van der Waals surface area contributed by atoms with Crippen molar-refractivity contribution in [2.24, 2.45) is 5.92 Å². The fourth-order valence-corrected chi connectivity index (χ4v) is 5.21. The van der Waals surface area contributed by atoms with E-state index in [2.05, 4.69) is 11.4 Å². The molecule has 32 heavy (non-hydrogen) atoms. The Morgan fingerprint density at radius 2 is 1.72 bits per heavy atom. The number of carbonyl (C=O) groups is 2. The number of methoxy groups -OCH3 is 3. The summed E-state index contributed by atoms with van der Waals surface area (Å²) in [6.07, 6.45) is 6.98. The maximum absolute atomic E-state index is 13.5. The number of allylic oxidation sites excluding steroid dienone is 3. The van der Waals surface area contributed by atoms with Crippen molar-refractivity contribution >= 4 is 11.8 Å². The lowest BCUT2D eigenvalue weighted by Crippen LogP contribution is -2.41. The Kier molecular flexibility index (Phi) is 6.44. The van der Waals surface area contributed by atoms with E-state index < -0.39 is 11.8 Å². The molecule has 1 aromatic carbocycles. The lowest BCUT2D eigenvalue weighted by atomic mass is 9.70. The van der Waals surface area contributed by atoms with Gasteiger partial charge in [0.15, 0.2) is 11.5 Å². The number of carbonyl (C=O) groups excluding carboxylic acids is 2. The highest BCUT2D eigenvalue weighted by atomic mass is 16.5. The number of rotatable bonds is 6. The molecule has 7 nitrogen and oxygen atoms in total. The smallest absolute Gasteiger partial charge is 0.336 e. The third-order valence-corrected chi connectivity index (χ3v) is 6.68. The van der Waals surface area contributed by atoms with Gasteiger partial charge in [-0.3, -0.25) is 4.79 Å². The van der Waals surface area contributed by atoms with E-state index in [0.717, 1.165) is 31.4 Å². The molecular formula is C25H31NO6. The molecule has 0 spiro atoms. The first kappa shape index (κ1) is 22.2. The van der Waals surface area contributed by atoms with E-state index in [1.54, 1.807) is 27.4 Å². The van der Waals surface area contributed by atoms with Crippen LogP contribution in [0.3, 0.4) is 0 Å². The van der Waals surface area contributed by atoms with Gasteiger partial charge in [0.1, 0.15) is 11.9 Å². The molecule has 4 rings (SSSR count). The lowest BCUT2D eigenvalue weighted by Gasteiger charge is -2.38. The highest BCUT2D eigenvalue weighted by Crippen LogP contribution is 2.51. The second-order valence-electron chi connectivity index (χ2n) is 8.52. The normalized spacial score (nSPS) is 23.2. The molecule has 2 unspecified atom stereocenters. The predicted molar refractivity (Wildman–Crippen MR) is 119 cm³/mol. The summed E-state index contributed by atoms with van der Waals surface area (Å²) in [5.74, 6) is 0.0705. The van der Waals surface area contributed by atoms with Crippen LogP contribution in [0, 0.1) is 5.92 Å². The Bertz CT molecular complexity index is 973. The first-order valence-electron chi connectivity index (χ1n) is 11.2. The molecule has 0 radical (unpaired) electrons. The Balaban J connectivity index is 1.87. The molecular weight excluding hydrogens is 410 g/mol. The molecule has 0 amide bonds. The van der Waals surface area contributed by atoms with Crippen LogP contribution in [-0.4, -0.2) is 39.2 Å². The van der Waals surface area contributed by atoms with Gasteiger partial charge in [-0.05, 0) is 45.1 Å². The molecule has 1 N–H and O–H groups in total. The average molecular weight is 442 g/mol. The molecule has 1 heterocycles. The van der Waals surface area contributed by atoms with Crippen molar-refractivity contribution in [1.29, 1.82) is 0 Å². The Morgan fingerprint density at radius 3 is 2.38 bits per heavy atom. The van der Waals surface area contributed by atoms with Crippen LogP contribution in [-0.2, 0) is 14.3 Å². The topological polar surface area (TPSA) is 83.1 Å². The lowest BCUT2D eigenvalue weighted by molar-refractivity contribution is -0.144. The number of ether oxygens (including phenoxy) is 4. The third kappa shape index (κ3) is 3.85. The SMILES string of the molecule is COc1ccc(C2C(C(=O)OC3CCCC3)=C(C)NC3=CCCC(=O)C32)c(OC)c1OC. The van der Waals surface area contributed by atoms with Crippen molar-refractivity contribution in [3.8, 4) is 17.2 Å². The molecule has 1 aliphatic heterocycles. The summed E-state index contributed by atoms with van der Waals surface area (Å²) >= 11 is 0. The number of esters is 1. The second kappa shape index (κ2) is 9.27. The zero-order chi connectivity index (χ0) is 22.8. The van der Waals surface area contributed by atoms with Gasteiger partial charge in [-0.2, -0.15) is 0 Å². The standard InChI is InChI=1S/C25H31NO6/c1-14-20(25(28)32-15-8-5-6-9-15)21(22-17(26-14)10-7-11-18(22)27)16-12-13-19(29-2)24(31-4)23(16)30-3/h10,12-13,15,21-22,26H,5-9,11H2,1-4H3. The molecule has 0 aromatic heterocycles. The largest absolute Gasteiger partial charge is 0.493 e. The van der Waals surface area contributed by atoms with Crippen LogP contribution in [0.1, 0.15) is 56.9 Å². The van der Waals surface area contributed by atoms with Crippen LogP contribution in [0.5, 0.6) is 17.2 Å². The number of hydrogen-bond donors (Lipinski definition) is 1. The molecule has 3 aliphatic rings. The van der Waals surface area contributed by atoms with Crippen molar-refractivity contribution in [2.75, 3.05) is 21.3 Å². The number of benzene rings is 1. The highest BCUT2D eigenvalue weighted by molar-refractivity contribution is 5.96. The number of Topliss-reactive ketones (excluding diaryl/α,β-unsaturated/α-hetero) is 1. The molecule has 2 atom stereocenters. The quantitative estimate of drug-likeness (QED) is 0.668. The molecule has 2 aliphatic carbocycles. The van der Waals surface area contributed by atoms with Gasteiger partial charge in [-0.15, -0.1) is 0 Å². The fraction of sp³-hybridized carbons (Fsp3) is 0.520. The van der Waals surface area contributed by atoms with E-state index >= 15 is 0 Å². The van der Waals surface area contributed by atoms with E-state index in [1.165, 1.54) is 0 Å². The van der Waals surface area contributed by atoms with Crippen LogP contribution in [0.4, 0.5) is 0 Å². The summed E-state index contributed by atoms with van der Waals surface area (Å²) in [6, 6.07) is 3.64. The summed E-state index contributed by atoms with van der Waals surface area (Å²) in [6.45, 7) is 1.86. The minimum Gasteiger partial charge on any atom is -0.493 e. The van der Waals surface area contributed by atoms with Gasteiger partial charge in [0, 0.05) is 29.3 Å². The number of hydrogen-bond acceptors (Lipinski definition) is 7. The maximum atomic E-state index is 13.5. The summed E-state index contributed by atoms with van der Waals surface area (Å²) in [5, 5.41) is 3.32. The molecule has 1 fully saturated rings. The maximum Gasteiger partial charge on any atom is 0.336 e. The third-order valence-electron chi connectivity index (χ3n) is 6.68. The van der Waals surface area contributed by atoms with Crippen LogP contribution in [0.15, 0.2) is 35.2 Å². The molecule has 0 saturated heterocycles. The highest BCUT2D eigenvalue weighted by Gasteiger charge is 2.45. The molecule has 0 bridgehead atoms. The van der Waals surface area contributed by atoms with E-state index in [4.69, 9.17) is 18.9 Å². The van der Waals surface area contributed by atoms with Gasteiger partial charge in [-0.25, -0.2) is 4.79 Å². The summed E-state index contributed by atoms with van der Waals surface area (Å²) in [5.41, 5.74) is 2.71. The van der Waals surface area contributed by atoms with Crippen molar-refractivity contribution in [3.63, 3.8) is 0 Å². The summed E-state index contributed by atoms with van der Waals surface area (Å²) < 4.78 is 22.7. The number of nitrogens with one attached hydrogen (secondary N) is 1. The van der Waals surface area contributed by atoms with Crippen LogP contribution < -0.4 is 19.5 Å². The van der Waals surface area contributed by atoms with Gasteiger partial charge >= 0.3 is 5.97 Å². The van der Waals surface area contributed by atoms with Crippen molar-refractivity contribution in [2.45, 2.75) is 57.5 Å². The Labute approximate surface area is 188 Å². The molecule has 172 valence electrons. The minimum atomic E-state index is -0.543. The van der Waals surface area contributed by atoms with E-state index in [1.807, 2.05) is 13.0 Å². The zero-order valence-electron chi connectivity index (χ0n) is 19.2. The Hall–Kier alpha value is -2.96. The van der Waals surface area contributed by atoms with Crippen molar-refractivity contribution in [3.05, 3.63) is 40.7 Å². The van der Waals surface area contributed by atoms with Gasteiger partial charge in [-0.1, -0.05) is 12.1 Å². The van der Waals surface area contributed by atoms with Gasteiger partial charge in [0.25, 0.3) is 0 Å². The zero-order valence-corrected chi connectivity index (χ0v) is 19.2. The number of ketones is 1. The summed E-state index contributed by atoms with van der Waals surface area (Å²) in [7, 11) is 4.65. The Morgan fingerprint density at radius 1 is 1.00 bits per heavy atom. The average Bonchev–Trinajstić information content (AvgIpc) is 3.30. The molecule has 1 aromatic rings. The monoisotopic (exact) mass is 441 g/mol. The first-order chi connectivity index (χ1) is 15.5. The van der Waals surface area contributed by atoms with Gasteiger partial charge in [0.05, 0.1) is 32.8 Å².